The lowest BCUT2D eigenvalue weighted by atomic mass is 10.2. The van der Waals surface area contributed by atoms with Gasteiger partial charge in [-0.05, 0) is 53.8 Å². The van der Waals surface area contributed by atoms with Crippen molar-refractivity contribution in [1.29, 1.82) is 0 Å². The second-order valence-corrected chi connectivity index (χ2v) is 5.88. The molecule has 0 bridgehead atoms. The van der Waals surface area contributed by atoms with E-state index in [1.54, 1.807) is 25.1 Å². The molecule has 22 heavy (non-hydrogen) atoms. The van der Waals surface area contributed by atoms with Crippen LogP contribution in [0.15, 0.2) is 34.9 Å². The maximum Gasteiger partial charge on any atom is 0.374 e. The molecule has 0 saturated heterocycles. The van der Waals surface area contributed by atoms with Gasteiger partial charge in [0, 0.05) is 9.77 Å². The third-order valence-electron chi connectivity index (χ3n) is 3.18. The van der Waals surface area contributed by atoms with Gasteiger partial charge < -0.3 is 14.8 Å². The normalized spacial score (nSPS) is 10.9. The quantitative estimate of drug-likeness (QED) is 0.627. The largest absolute Gasteiger partial charge is 0.475 e. The zero-order valence-electron chi connectivity index (χ0n) is 11.4. The average molecular weight is 412 g/mol. The van der Waals surface area contributed by atoms with Crippen LogP contribution >= 0.6 is 22.6 Å². The third kappa shape index (κ3) is 2.52. The van der Waals surface area contributed by atoms with E-state index in [2.05, 4.69) is 10.3 Å². The molecule has 2 heterocycles. The smallest absolute Gasteiger partial charge is 0.374 e. The highest BCUT2D eigenvalue weighted by atomic mass is 127. The van der Waals surface area contributed by atoms with Crippen molar-refractivity contribution in [3.8, 4) is 0 Å². The topological polar surface area (TPSA) is 75.4 Å². The molecule has 0 aliphatic carbocycles. The van der Waals surface area contributed by atoms with Gasteiger partial charge in [-0.3, -0.25) is 4.98 Å². The van der Waals surface area contributed by atoms with Crippen LogP contribution in [0.4, 0.5) is 15.8 Å². The molecule has 0 aliphatic rings. The molecule has 2 aromatic heterocycles. The number of hydrogen-bond donors (Lipinski definition) is 2. The van der Waals surface area contributed by atoms with Crippen LogP contribution in [0.25, 0.3) is 11.0 Å². The minimum atomic E-state index is -1.23. The van der Waals surface area contributed by atoms with Gasteiger partial charge in [-0.25, -0.2) is 9.18 Å². The summed E-state index contributed by atoms with van der Waals surface area (Å²) in [6, 6.07) is 6.20. The molecule has 2 N–H and O–H groups in total. The van der Waals surface area contributed by atoms with E-state index in [0.29, 0.717) is 16.7 Å². The van der Waals surface area contributed by atoms with Crippen molar-refractivity contribution < 1.29 is 18.7 Å². The molecule has 0 radical (unpaired) electrons. The van der Waals surface area contributed by atoms with Gasteiger partial charge in [0.15, 0.2) is 0 Å². The van der Waals surface area contributed by atoms with Gasteiger partial charge in [-0.1, -0.05) is 0 Å². The predicted molar refractivity (Wildman–Crippen MR) is 88.1 cm³/mol. The highest BCUT2D eigenvalue weighted by Gasteiger charge is 2.22. The number of furan rings is 1. The van der Waals surface area contributed by atoms with Crippen molar-refractivity contribution in [1.82, 2.24) is 4.98 Å². The Morgan fingerprint density at radius 2 is 2.18 bits per heavy atom. The van der Waals surface area contributed by atoms with Gasteiger partial charge in [-0.2, -0.15) is 0 Å². The van der Waals surface area contributed by atoms with Gasteiger partial charge in [0.1, 0.15) is 17.1 Å². The van der Waals surface area contributed by atoms with E-state index in [4.69, 9.17) is 4.42 Å². The molecule has 112 valence electrons. The summed E-state index contributed by atoms with van der Waals surface area (Å²) >= 11 is 2.00. The number of fused-ring (bicyclic) bond motifs is 1. The monoisotopic (exact) mass is 412 g/mol. The van der Waals surface area contributed by atoms with Gasteiger partial charge in [0.2, 0.25) is 5.76 Å². The van der Waals surface area contributed by atoms with Gasteiger partial charge in [-0.15, -0.1) is 0 Å². The molecule has 1 aromatic carbocycles. The number of aromatic carboxylic acids is 1. The van der Waals surface area contributed by atoms with Crippen molar-refractivity contribution in [2.24, 2.45) is 0 Å². The zero-order chi connectivity index (χ0) is 15.9. The number of pyridine rings is 1. The summed E-state index contributed by atoms with van der Waals surface area (Å²) in [5.74, 6) is -1.98. The first kappa shape index (κ1) is 14.8. The number of nitrogens with zero attached hydrogens (tertiary/aromatic N) is 1. The van der Waals surface area contributed by atoms with Crippen LogP contribution in [0, 0.1) is 16.3 Å². The fourth-order valence-electron chi connectivity index (χ4n) is 2.20. The van der Waals surface area contributed by atoms with Crippen molar-refractivity contribution >= 4 is 50.9 Å². The van der Waals surface area contributed by atoms with Crippen molar-refractivity contribution in [2.75, 3.05) is 5.32 Å². The first-order valence-electron chi connectivity index (χ1n) is 6.31. The number of halogens is 2. The van der Waals surface area contributed by atoms with Crippen LogP contribution in [-0.2, 0) is 0 Å². The summed E-state index contributed by atoms with van der Waals surface area (Å²) in [7, 11) is 0. The number of benzene rings is 1. The molecule has 3 aromatic rings. The van der Waals surface area contributed by atoms with Gasteiger partial charge in [0.05, 0.1) is 16.8 Å². The fraction of sp³-hybridized carbons (Fsp3) is 0.0667. The molecule has 0 amide bonds. The minimum Gasteiger partial charge on any atom is -0.475 e. The number of hydrogen-bond acceptors (Lipinski definition) is 4. The van der Waals surface area contributed by atoms with E-state index in [0.717, 1.165) is 3.57 Å². The summed E-state index contributed by atoms with van der Waals surface area (Å²) in [6.07, 6.45) is 1.53. The summed E-state index contributed by atoms with van der Waals surface area (Å²) in [4.78, 5) is 15.5. The Kier molecular flexibility index (Phi) is 3.73. The number of aromatic nitrogens is 1. The number of anilines is 2. The molecule has 0 unspecified atom stereocenters. The molecular formula is C15H10FIN2O3. The maximum absolute atomic E-state index is 14.0. The molecule has 0 aliphatic heterocycles. The van der Waals surface area contributed by atoms with Crippen LogP contribution in [0.1, 0.15) is 16.2 Å². The Hall–Kier alpha value is -2.16. The maximum atomic E-state index is 14.0. The van der Waals surface area contributed by atoms with E-state index < -0.39 is 11.8 Å². The molecule has 5 nitrogen and oxygen atoms in total. The summed E-state index contributed by atoms with van der Waals surface area (Å²) in [6.45, 7) is 1.74. The molecule has 0 saturated carbocycles. The zero-order valence-corrected chi connectivity index (χ0v) is 13.5. The minimum absolute atomic E-state index is 0.175. The lowest BCUT2D eigenvalue weighted by Gasteiger charge is -2.08. The first-order valence-corrected chi connectivity index (χ1v) is 7.38. The SMILES string of the molecule is Cc1nccc2oc(C(=O)O)c(Nc3ccc(I)cc3F)c12. The van der Waals surface area contributed by atoms with E-state index in [1.165, 1.54) is 12.3 Å². The fourth-order valence-corrected chi connectivity index (χ4v) is 2.66. The third-order valence-corrected chi connectivity index (χ3v) is 3.85. The molecule has 0 spiro atoms. The van der Waals surface area contributed by atoms with Crippen LogP contribution in [0.2, 0.25) is 0 Å². The summed E-state index contributed by atoms with van der Waals surface area (Å²) < 4.78 is 20.1. The highest BCUT2D eigenvalue weighted by Crippen LogP contribution is 2.35. The van der Waals surface area contributed by atoms with Crippen molar-refractivity contribution in [3.63, 3.8) is 0 Å². The number of carboxylic acids is 1. The summed E-state index contributed by atoms with van der Waals surface area (Å²) in [5.41, 5.74) is 1.36. The predicted octanol–water partition coefficient (Wildman–Crippen LogP) is 4.32. The van der Waals surface area contributed by atoms with E-state index in [9.17, 15) is 14.3 Å². The molecule has 0 fully saturated rings. The van der Waals surface area contributed by atoms with Gasteiger partial charge >= 0.3 is 5.97 Å². The molecule has 0 atom stereocenters. The number of rotatable bonds is 3. The Bertz CT molecular complexity index is 892. The number of nitrogens with one attached hydrogen (secondary N) is 1. The standard InChI is InChI=1S/C15H10FIN2O3/c1-7-12-11(4-5-18-7)22-14(15(20)21)13(12)19-10-3-2-8(17)6-9(10)16/h2-6,19H,1H3,(H,20,21). The van der Waals surface area contributed by atoms with Crippen LogP contribution in [0.5, 0.6) is 0 Å². The second-order valence-electron chi connectivity index (χ2n) is 4.63. The Labute approximate surface area is 138 Å². The first-order chi connectivity index (χ1) is 10.5. The van der Waals surface area contributed by atoms with Crippen molar-refractivity contribution in [3.05, 3.63) is 51.3 Å². The molecular weight excluding hydrogens is 402 g/mol. The lowest BCUT2D eigenvalue weighted by molar-refractivity contribution is 0.0666. The number of carbonyl (C=O) groups is 1. The number of aryl methyl sites for hydroxylation is 1. The van der Waals surface area contributed by atoms with Crippen LogP contribution < -0.4 is 5.32 Å². The lowest BCUT2D eigenvalue weighted by Crippen LogP contribution is -2.01. The molecule has 3 rings (SSSR count). The van der Waals surface area contributed by atoms with Crippen LogP contribution in [-0.4, -0.2) is 16.1 Å². The van der Waals surface area contributed by atoms with E-state index in [1.807, 2.05) is 22.6 Å². The Morgan fingerprint density at radius 3 is 2.86 bits per heavy atom. The average Bonchev–Trinajstić information content (AvgIpc) is 2.82. The van der Waals surface area contributed by atoms with E-state index >= 15 is 0 Å². The second kappa shape index (κ2) is 5.56. The number of carboxylic acid groups (broad SMARTS) is 1. The Morgan fingerprint density at radius 1 is 1.41 bits per heavy atom. The van der Waals surface area contributed by atoms with Crippen molar-refractivity contribution in [2.45, 2.75) is 6.92 Å². The van der Waals surface area contributed by atoms with E-state index in [-0.39, 0.29) is 17.1 Å². The highest BCUT2D eigenvalue weighted by molar-refractivity contribution is 14.1. The summed E-state index contributed by atoms with van der Waals surface area (Å²) in [5, 5.41) is 12.6. The van der Waals surface area contributed by atoms with Gasteiger partial charge in [0.25, 0.3) is 0 Å². The van der Waals surface area contributed by atoms with Crippen LogP contribution in [0.3, 0.4) is 0 Å². The molecule has 7 heteroatoms. The Balaban J connectivity index is 2.20.